The first kappa shape index (κ1) is 28.0. The summed E-state index contributed by atoms with van der Waals surface area (Å²) in [7, 11) is -4.07. The molecule has 0 aliphatic rings. The van der Waals surface area contributed by atoms with Crippen LogP contribution in [0.1, 0.15) is 48.5 Å². The van der Waals surface area contributed by atoms with E-state index < -0.39 is 22.2 Å². The lowest BCUT2D eigenvalue weighted by atomic mass is 10.1. The maximum absolute atomic E-state index is 14.1. The monoisotopic (exact) mass is 553 g/mol. The van der Waals surface area contributed by atoms with E-state index in [1.807, 2.05) is 37.3 Å². The zero-order chi connectivity index (χ0) is 28.2. The molecule has 2 heterocycles. The second-order valence-corrected chi connectivity index (χ2v) is 11.1. The van der Waals surface area contributed by atoms with Gasteiger partial charge in [-0.1, -0.05) is 54.5 Å². The molecule has 2 aromatic carbocycles. The van der Waals surface area contributed by atoms with Gasteiger partial charge in [-0.25, -0.2) is 13.2 Å². The summed E-state index contributed by atoms with van der Waals surface area (Å²) in [6.07, 6.45) is -0.474. The number of benzene rings is 2. The lowest BCUT2D eigenvalue weighted by Crippen LogP contribution is -2.40. The SMILES string of the molecule is CCC(c1nc2onc(C)c2c(=O)n1Cc1ccccc1)N(CCCOC(N)=O)S(=O)(=O)c1cccc(C)c1. The second kappa shape index (κ2) is 11.8. The highest BCUT2D eigenvalue weighted by atomic mass is 32.2. The number of nitrogens with two attached hydrogens (primary N) is 1. The first-order valence-corrected chi connectivity index (χ1v) is 14.0. The van der Waals surface area contributed by atoms with E-state index >= 15 is 0 Å². The van der Waals surface area contributed by atoms with Crippen molar-refractivity contribution < 1.29 is 22.5 Å². The molecular weight excluding hydrogens is 522 g/mol. The number of nitrogens with zero attached hydrogens (tertiary/aromatic N) is 4. The topological polar surface area (TPSA) is 151 Å². The molecule has 12 heteroatoms. The Morgan fingerprint density at radius 1 is 1.15 bits per heavy atom. The summed E-state index contributed by atoms with van der Waals surface area (Å²) in [5, 5.41) is 4.16. The summed E-state index contributed by atoms with van der Waals surface area (Å²) in [4.78, 5) is 29.6. The number of carbonyl (C=O) groups is 1. The number of rotatable bonds is 11. The number of aromatic nitrogens is 3. The number of sulfonamides is 1. The quantitative estimate of drug-likeness (QED) is 0.276. The maximum atomic E-state index is 14.1. The molecule has 39 heavy (non-hydrogen) atoms. The van der Waals surface area contributed by atoms with Gasteiger partial charge < -0.3 is 15.0 Å². The fourth-order valence-corrected chi connectivity index (χ4v) is 6.32. The van der Waals surface area contributed by atoms with Crippen molar-refractivity contribution in [2.75, 3.05) is 13.2 Å². The minimum absolute atomic E-state index is 0.0171. The standard InChI is InChI=1S/C27H31N5O6S/c1-4-22(32(14-9-15-37-27(28)34)39(35,36)21-13-8-10-18(2)16-21)24-29-25-23(19(3)30-38-25)26(33)31(24)17-20-11-6-5-7-12-20/h5-8,10-13,16,22H,4,9,14-15,17H2,1-3H3,(H2,28,34). The third-order valence-corrected chi connectivity index (χ3v) is 8.28. The predicted molar refractivity (Wildman–Crippen MR) is 145 cm³/mol. The first-order valence-electron chi connectivity index (χ1n) is 12.5. The van der Waals surface area contributed by atoms with E-state index in [1.54, 1.807) is 32.0 Å². The molecular formula is C27H31N5O6S. The fourth-order valence-electron chi connectivity index (χ4n) is 4.52. The summed E-state index contributed by atoms with van der Waals surface area (Å²) >= 11 is 0. The maximum Gasteiger partial charge on any atom is 0.404 e. The molecule has 206 valence electrons. The van der Waals surface area contributed by atoms with Crippen LogP contribution in [0.15, 0.2) is 68.8 Å². The molecule has 1 unspecified atom stereocenters. The van der Waals surface area contributed by atoms with Gasteiger partial charge in [0, 0.05) is 6.54 Å². The minimum Gasteiger partial charge on any atom is -0.450 e. The Morgan fingerprint density at radius 3 is 2.56 bits per heavy atom. The van der Waals surface area contributed by atoms with E-state index in [1.165, 1.54) is 14.9 Å². The predicted octanol–water partition coefficient (Wildman–Crippen LogP) is 3.68. The molecule has 1 amide bonds. The minimum atomic E-state index is -4.07. The highest BCUT2D eigenvalue weighted by molar-refractivity contribution is 7.89. The summed E-state index contributed by atoms with van der Waals surface area (Å²) < 4.78 is 41.1. The van der Waals surface area contributed by atoms with Crippen molar-refractivity contribution in [2.45, 2.75) is 51.1 Å². The summed E-state index contributed by atoms with van der Waals surface area (Å²) in [6.45, 7) is 5.36. The Labute approximate surface area is 226 Å². The fraction of sp³-hybridized carbons (Fsp3) is 0.333. The molecule has 0 saturated heterocycles. The van der Waals surface area contributed by atoms with Gasteiger partial charge in [0.05, 0.1) is 29.8 Å². The van der Waals surface area contributed by atoms with Crippen LogP contribution in [0.5, 0.6) is 0 Å². The van der Waals surface area contributed by atoms with E-state index in [2.05, 4.69) is 10.1 Å². The smallest absolute Gasteiger partial charge is 0.404 e. The molecule has 0 bridgehead atoms. The van der Waals surface area contributed by atoms with Gasteiger partial charge in [0.25, 0.3) is 11.3 Å². The van der Waals surface area contributed by atoms with Crippen molar-refractivity contribution in [3.8, 4) is 0 Å². The van der Waals surface area contributed by atoms with Gasteiger partial charge in [-0.05, 0) is 49.9 Å². The number of aryl methyl sites for hydroxylation is 2. The average Bonchev–Trinajstić information content (AvgIpc) is 3.28. The van der Waals surface area contributed by atoms with Gasteiger partial charge in [-0.3, -0.25) is 9.36 Å². The van der Waals surface area contributed by atoms with E-state index in [-0.39, 0.29) is 53.5 Å². The summed E-state index contributed by atoms with van der Waals surface area (Å²) in [5.41, 5.74) is 6.77. The number of hydrogen-bond donors (Lipinski definition) is 1. The van der Waals surface area contributed by atoms with Gasteiger partial charge in [-0.15, -0.1) is 0 Å². The van der Waals surface area contributed by atoms with Crippen LogP contribution in [-0.2, 0) is 21.3 Å². The first-order chi connectivity index (χ1) is 18.6. The van der Waals surface area contributed by atoms with Crippen LogP contribution in [0.2, 0.25) is 0 Å². The number of fused-ring (bicyclic) bond motifs is 1. The van der Waals surface area contributed by atoms with Crippen LogP contribution in [-0.4, -0.2) is 46.7 Å². The highest BCUT2D eigenvalue weighted by Crippen LogP contribution is 2.31. The molecule has 0 radical (unpaired) electrons. The Morgan fingerprint density at radius 2 is 1.90 bits per heavy atom. The zero-order valence-electron chi connectivity index (χ0n) is 22.0. The molecule has 0 spiro atoms. The number of carbonyl (C=O) groups excluding carboxylic acids is 1. The van der Waals surface area contributed by atoms with E-state index in [0.717, 1.165) is 11.1 Å². The Balaban J connectivity index is 1.88. The largest absolute Gasteiger partial charge is 0.450 e. The zero-order valence-corrected chi connectivity index (χ0v) is 22.8. The second-order valence-electron chi connectivity index (χ2n) is 9.17. The summed E-state index contributed by atoms with van der Waals surface area (Å²) in [5.74, 6) is 0.224. The van der Waals surface area contributed by atoms with Gasteiger partial charge in [0.1, 0.15) is 11.2 Å². The van der Waals surface area contributed by atoms with Gasteiger partial charge in [0.2, 0.25) is 10.0 Å². The molecule has 1 atom stereocenters. The lowest BCUT2D eigenvalue weighted by Gasteiger charge is -2.31. The highest BCUT2D eigenvalue weighted by Gasteiger charge is 2.35. The molecule has 0 saturated carbocycles. The van der Waals surface area contributed by atoms with Crippen LogP contribution in [0.4, 0.5) is 4.79 Å². The molecule has 4 rings (SSSR count). The van der Waals surface area contributed by atoms with Crippen molar-refractivity contribution in [1.82, 2.24) is 19.0 Å². The molecule has 2 aromatic heterocycles. The van der Waals surface area contributed by atoms with Crippen LogP contribution in [0, 0.1) is 13.8 Å². The number of ether oxygens (including phenoxy) is 1. The normalized spacial score (nSPS) is 12.6. The van der Waals surface area contributed by atoms with Gasteiger partial charge in [0.15, 0.2) is 0 Å². The van der Waals surface area contributed by atoms with Crippen molar-refractivity contribution in [3.63, 3.8) is 0 Å². The molecule has 0 aliphatic heterocycles. The van der Waals surface area contributed by atoms with Crippen LogP contribution in [0.3, 0.4) is 0 Å². The molecule has 11 nitrogen and oxygen atoms in total. The Kier molecular flexibility index (Phi) is 8.46. The molecule has 0 aliphatic carbocycles. The van der Waals surface area contributed by atoms with Crippen molar-refractivity contribution >= 4 is 27.2 Å². The number of primary amides is 1. The van der Waals surface area contributed by atoms with Crippen LogP contribution in [0.25, 0.3) is 11.1 Å². The molecule has 0 fully saturated rings. The average molecular weight is 554 g/mol. The van der Waals surface area contributed by atoms with Crippen LogP contribution >= 0.6 is 0 Å². The summed E-state index contributed by atoms with van der Waals surface area (Å²) in [6, 6.07) is 15.1. The Bertz CT molecular complexity index is 1630. The number of amides is 1. The van der Waals surface area contributed by atoms with Crippen molar-refractivity contribution in [1.29, 1.82) is 0 Å². The Hall–Kier alpha value is -4.03. The van der Waals surface area contributed by atoms with E-state index in [4.69, 9.17) is 15.0 Å². The third-order valence-electron chi connectivity index (χ3n) is 6.38. The van der Waals surface area contributed by atoms with Crippen molar-refractivity contribution in [3.05, 3.63) is 87.6 Å². The molecule has 4 aromatic rings. The lowest BCUT2D eigenvalue weighted by molar-refractivity contribution is 0.150. The van der Waals surface area contributed by atoms with Gasteiger partial charge >= 0.3 is 6.09 Å². The van der Waals surface area contributed by atoms with Crippen LogP contribution < -0.4 is 11.3 Å². The van der Waals surface area contributed by atoms with Crippen molar-refractivity contribution in [2.24, 2.45) is 5.73 Å². The number of hydrogen-bond acceptors (Lipinski definition) is 8. The van der Waals surface area contributed by atoms with E-state index in [9.17, 15) is 18.0 Å². The molecule has 2 N–H and O–H groups in total. The third kappa shape index (κ3) is 6.02. The van der Waals surface area contributed by atoms with Gasteiger partial charge in [-0.2, -0.15) is 9.29 Å². The van der Waals surface area contributed by atoms with E-state index in [0.29, 0.717) is 12.1 Å².